The SMILES string of the molecule is C=C(C)[C@@H]1CC[C@]2(C(=O)NCCCN3CCS(=O)(=O)CC3)CC[C@]3(C)[C@H](CCC4[C@@]5(C)CC=C(c6cc(F)c(C(=O)O)c(F)c6)C(C)(C)C5CC[C@]43C)C12. The van der Waals surface area contributed by atoms with Crippen LogP contribution in [0.4, 0.5) is 8.78 Å². The van der Waals surface area contributed by atoms with Crippen LogP contribution >= 0.6 is 0 Å². The Balaban J connectivity index is 1.13. The summed E-state index contributed by atoms with van der Waals surface area (Å²) in [5, 5.41) is 12.8. The van der Waals surface area contributed by atoms with Gasteiger partial charge in [-0.3, -0.25) is 4.79 Å². The number of carboxylic acids is 1. The predicted molar refractivity (Wildman–Crippen MR) is 208 cm³/mol. The Kier molecular flexibility index (Phi) is 9.92. The zero-order chi connectivity index (χ0) is 39.2. The predicted octanol–water partition coefficient (Wildman–Crippen LogP) is 8.55. The number of nitrogens with one attached hydrogen (secondary N) is 1. The molecule has 0 spiro atoms. The first-order valence-corrected chi connectivity index (χ1v) is 22.3. The number of fused-ring (bicyclic) bond motifs is 7. The zero-order valence-corrected chi connectivity index (χ0v) is 34.1. The van der Waals surface area contributed by atoms with Gasteiger partial charge in [-0.1, -0.05) is 52.8 Å². The second-order valence-corrected chi connectivity index (χ2v) is 21.9. The van der Waals surface area contributed by atoms with Crippen LogP contribution < -0.4 is 5.32 Å². The summed E-state index contributed by atoms with van der Waals surface area (Å²) in [6, 6.07) is 2.41. The minimum atomic E-state index is -2.92. The van der Waals surface area contributed by atoms with E-state index in [1.54, 1.807) is 0 Å². The van der Waals surface area contributed by atoms with Gasteiger partial charge in [-0.25, -0.2) is 22.0 Å². The number of carbonyl (C=O) groups is 2. The van der Waals surface area contributed by atoms with Gasteiger partial charge in [-0.15, -0.1) is 0 Å². The van der Waals surface area contributed by atoms with Crippen LogP contribution in [0.25, 0.3) is 5.57 Å². The number of carbonyl (C=O) groups excluding carboxylic acids is 1. The minimum Gasteiger partial charge on any atom is -0.477 e. The molecule has 1 aromatic carbocycles. The highest BCUT2D eigenvalue weighted by molar-refractivity contribution is 7.91. The van der Waals surface area contributed by atoms with E-state index >= 15 is 0 Å². The van der Waals surface area contributed by atoms with Crippen LogP contribution in [0.5, 0.6) is 0 Å². The fourth-order valence-electron chi connectivity index (χ4n) is 14.2. The molecule has 10 heteroatoms. The number of amides is 1. The molecule has 7 rings (SSSR count). The number of halogens is 2. The van der Waals surface area contributed by atoms with Gasteiger partial charge in [-0.05, 0) is 152 Å². The van der Waals surface area contributed by atoms with Crippen molar-refractivity contribution < 1.29 is 31.9 Å². The Labute approximate surface area is 321 Å². The fourth-order valence-corrected chi connectivity index (χ4v) is 15.5. The average molecular weight is 769 g/mol. The molecule has 1 saturated heterocycles. The summed E-state index contributed by atoms with van der Waals surface area (Å²) in [6.07, 6.45) is 11.8. The lowest BCUT2D eigenvalue weighted by Crippen LogP contribution is -2.66. The third-order valence-corrected chi connectivity index (χ3v) is 18.6. The van der Waals surface area contributed by atoms with Crippen molar-refractivity contribution >= 4 is 27.3 Å². The number of nitrogens with zero attached hydrogens (tertiary/aromatic N) is 1. The van der Waals surface area contributed by atoms with E-state index < -0.39 is 38.4 Å². The van der Waals surface area contributed by atoms with Gasteiger partial charge in [-0.2, -0.15) is 0 Å². The highest BCUT2D eigenvalue weighted by Gasteiger charge is 2.71. The van der Waals surface area contributed by atoms with Gasteiger partial charge in [0.2, 0.25) is 5.91 Å². The zero-order valence-electron chi connectivity index (χ0n) is 33.3. The molecule has 298 valence electrons. The van der Waals surface area contributed by atoms with Gasteiger partial charge in [0.25, 0.3) is 0 Å². The van der Waals surface area contributed by atoms with Crippen molar-refractivity contribution in [1.82, 2.24) is 10.2 Å². The normalized spacial score (nSPS) is 39.6. The van der Waals surface area contributed by atoms with E-state index in [4.69, 9.17) is 0 Å². The summed E-state index contributed by atoms with van der Waals surface area (Å²) in [4.78, 5) is 28.2. The smallest absolute Gasteiger partial charge is 0.341 e. The molecule has 1 aliphatic heterocycles. The summed E-state index contributed by atoms with van der Waals surface area (Å²) >= 11 is 0. The maximum atomic E-state index is 15.0. The van der Waals surface area contributed by atoms with Crippen molar-refractivity contribution in [3.63, 3.8) is 0 Å². The second-order valence-electron chi connectivity index (χ2n) is 19.6. The highest BCUT2D eigenvalue weighted by atomic mass is 32.2. The first kappa shape index (κ1) is 39.6. The lowest BCUT2D eigenvalue weighted by atomic mass is 9.32. The second kappa shape index (κ2) is 13.5. The third-order valence-electron chi connectivity index (χ3n) is 17.0. The Morgan fingerprint density at radius 2 is 1.59 bits per heavy atom. The molecule has 4 saturated carbocycles. The minimum absolute atomic E-state index is 0.0278. The van der Waals surface area contributed by atoms with E-state index in [-0.39, 0.29) is 50.9 Å². The van der Waals surface area contributed by atoms with Gasteiger partial charge >= 0.3 is 5.97 Å². The van der Waals surface area contributed by atoms with Crippen LogP contribution in [-0.2, 0) is 14.6 Å². The molecule has 9 atom stereocenters. The molecular weight excluding hydrogens is 707 g/mol. The van der Waals surface area contributed by atoms with E-state index in [1.165, 1.54) is 17.7 Å². The summed E-state index contributed by atoms with van der Waals surface area (Å²) in [5.74, 6) is -1.34. The quantitative estimate of drug-likeness (QED) is 0.203. The van der Waals surface area contributed by atoms with E-state index in [9.17, 15) is 31.9 Å². The molecule has 0 radical (unpaired) electrons. The topological polar surface area (TPSA) is 104 Å². The van der Waals surface area contributed by atoms with Crippen molar-refractivity contribution in [2.75, 3.05) is 37.7 Å². The number of sulfone groups is 1. The van der Waals surface area contributed by atoms with Crippen molar-refractivity contribution in [3.05, 3.63) is 53.1 Å². The summed E-state index contributed by atoms with van der Waals surface area (Å²) < 4.78 is 53.7. The van der Waals surface area contributed by atoms with Gasteiger partial charge in [0, 0.05) is 19.6 Å². The molecule has 1 amide bonds. The molecule has 0 aromatic heterocycles. The van der Waals surface area contributed by atoms with Crippen LogP contribution in [0.3, 0.4) is 0 Å². The lowest BCUT2D eigenvalue weighted by Gasteiger charge is -2.72. The monoisotopic (exact) mass is 768 g/mol. The van der Waals surface area contributed by atoms with Crippen molar-refractivity contribution in [2.24, 2.45) is 56.7 Å². The molecular formula is C44H62F2N2O5S. The molecule has 5 fully saturated rings. The Bertz CT molecular complexity index is 1840. The van der Waals surface area contributed by atoms with Crippen LogP contribution in [0.2, 0.25) is 0 Å². The summed E-state index contributed by atoms with van der Waals surface area (Å²) in [7, 11) is -2.92. The fraction of sp³-hybridized carbons (Fsp3) is 0.727. The number of hydrogen-bond acceptors (Lipinski definition) is 5. The standard InChI is InChI=1S/C44H62F2N2O5S/c1-27(2)29-11-16-44(39(51)47-19-8-20-48-21-23-54(52,53)24-22-48)18-17-42(6)31(37(29)44)9-10-35-41(5)14-12-30(40(3,4)34(41)13-15-43(35,42)7)28-25-32(45)36(38(49)50)33(46)26-28/h12,25-26,29,31,34-35,37H,1,8-11,13-24H2,2-7H3,(H,47,51)(H,49,50)/t29-,31+,34?,35?,37?,41-,42+,43+,44-/m0/s1. The number of rotatable bonds is 8. The van der Waals surface area contributed by atoms with E-state index in [2.05, 4.69) is 64.4 Å². The molecule has 0 bridgehead atoms. The van der Waals surface area contributed by atoms with Crippen LogP contribution in [0.1, 0.15) is 122 Å². The van der Waals surface area contributed by atoms with Gasteiger partial charge in [0.15, 0.2) is 9.84 Å². The summed E-state index contributed by atoms with van der Waals surface area (Å²) in [6.45, 7) is 21.2. The maximum Gasteiger partial charge on any atom is 0.341 e. The van der Waals surface area contributed by atoms with Crippen molar-refractivity contribution in [1.29, 1.82) is 0 Å². The first-order valence-electron chi connectivity index (χ1n) is 20.5. The lowest BCUT2D eigenvalue weighted by molar-refractivity contribution is -0.225. The molecule has 5 aliphatic carbocycles. The van der Waals surface area contributed by atoms with Crippen LogP contribution in [0.15, 0.2) is 30.4 Å². The largest absolute Gasteiger partial charge is 0.477 e. The number of aromatic carboxylic acids is 1. The molecule has 1 aromatic rings. The van der Waals surface area contributed by atoms with Gasteiger partial charge in [0.1, 0.15) is 17.2 Å². The molecule has 6 aliphatic rings. The molecule has 54 heavy (non-hydrogen) atoms. The van der Waals surface area contributed by atoms with Gasteiger partial charge in [0.05, 0.1) is 16.9 Å². The third kappa shape index (κ3) is 5.96. The number of benzene rings is 1. The Morgan fingerprint density at radius 3 is 2.22 bits per heavy atom. The van der Waals surface area contributed by atoms with E-state index in [0.29, 0.717) is 43.0 Å². The van der Waals surface area contributed by atoms with Crippen LogP contribution in [-0.4, -0.2) is 68.0 Å². The van der Waals surface area contributed by atoms with Gasteiger partial charge < -0.3 is 15.3 Å². The Hall–Kier alpha value is -2.59. The maximum absolute atomic E-state index is 15.0. The Morgan fingerprint density at radius 1 is 0.926 bits per heavy atom. The molecule has 3 unspecified atom stereocenters. The number of carboxylic acid groups (broad SMARTS) is 1. The van der Waals surface area contributed by atoms with Crippen LogP contribution in [0, 0.1) is 68.3 Å². The molecule has 1 heterocycles. The first-order chi connectivity index (χ1) is 25.2. The van der Waals surface area contributed by atoms with Crippen molar-refractivity contribution in [2.45, 2.75) is 106 Å². The summed E-state index contributed by atoms with van der Waals surface area (Å²) in [5.41, 5.74) is 0.903. The molecule has 2 N–H and O–H groups in total. The number of allylic oxidation sites excluding steroid dienone is 3. The van der Waals surface area contributed by atoms with Crippen molar-refractivity contribution in [3.8, 4) is 0 Å². The number of hydrogen-bond donors (Lipinski definition) is 2. The highest BCUT2D eigenvalue weighted by Crippen LogP contribution is 2.77. The van der Waals surface area contributed by atoms with E-state index in [1.807, 2.05) is 0 Å². The average Bonchev–Trinajstić information content (AvgIpc) is 3.48. The van der Waals surface area contributed by atoms with E-state index in [0.717, 1.165) is 76.3 Å². The molecule has 7 nitrogen and oxygen atoms in total.